The Balaban J connectivity index is 2.02. The number of fused-ring (bicyclic) bond motifs is 1. The lowest BCUT2D eigenvalue weighted by Crippen LogP contribution is -2.23. The normalized spacial score (nSPS) is 15.1. The van der Waals surface area contributed by atoms with E-state index < -0.39 is 0 Å². The maximum atomic E-state index is 5.66. The standard InChI is InChI=1S/C15H16BrNO3/c1-2-17-15(12-4-3-5-18-12)10-8-13-14(9-11(10)16)20-7-6-19-13/h3-5,8-9,15,17H,2,6-7H2,1H3. The first-order valence-electron chi connectivity index (χ1n) is 6.65. The van der Waals surface area contributed by atoms with Crippen molar-refractivity contribution in [2.45, 2.75) is 13.0 Å². The van der Waals surface area contributed by atoms with Gasteiger partial charge in [0.05, 0.1) is 12.3 Å². The predicted octanol–water partition coefficient (Wildman–Crippen LogP) is 3.51. The highest BCUT2D eigenvalue weighted by Gasteiger charge is 2.22. The molecular weight excluding hydrogens is 322 g/mol. The summed E-state index contributed by atoms with van der Waals surface area (Å²) in [4.78, 5) is 0. The second-order valence-corrected chi connectivity index (χ2v) is 5.38. The maximum absolute atomic E-state index is 5.66. The zero-order chi connectivity index (χ0) is 13.9. The van der Waals surface area contributed by atoms with E-state index in [1.165, 1.54) is 0 Å². The molecule has 1 unspecified atom stereocenters. The van der Waals surface area contributed by atoms with E-state index in [0.29, 0.717) is 13.2 Å². The summed E-state index contributed by atoms with van der Waals surface area (Å²) in [5, 5.41) is 3.43. The molecule has 0 spiro atoms. The molecule has 0 saturated heterocycles. The lowest BCUT2D eigenvalue weighted by Gasteiger charge is -2.23. The van der Waals surface area contributed by atoms with Crippen molar-refractivity contribution in [3.63, 3.8) is 0 Å². The molecule has 106 valence electrons. The summed E-state index contributed by atoms with van der Waals surface area (Å²) in [7, 11) is 0. The van der Waals surface area contributed by atoms with Gasteiger partial charge in [-0.25, -0.2) is 0 Å². The number of nitrogens with one attached hydrogen (secondary N) is 1. The van der Waals surface area contributed by atoms with Crippen LogP contribution in [0.3, 0.4) is 0 Å². The van der Waals surface area contributed by atoms with Gasteiger partial charge in [0.25, 0.3) is 0 Å². The minimum atomic E-state index is -0.0137. The highest BCUT2D eigenvalue weighted by molar-refractivity contribution is 9.10. The van der Waals surface area contributed by atoms with Crippen LogP contribution in [0.4, 0.5) is 0 Å². The van der Waals surface area contributed by atoms with E-state index >= 15 is 0 Å². The van der Waals surface area contributed by atoms with Gasteiger partial charge in [0.15, 0.2) is 11.5 Å². The molecule has 2 heterocycles. The molecule has 3 rings (SSSR count). The van der Waals surface area contributed by atoms with Crippen LogP contribution >= 0.6 is 15.9 Å². The Morgan fingerprint density at radius 1 is 1.25 bits per heavy atom. The van der Waals surface area contributed by atoms with Crippen LogP contribution < -0.4 is 14.8 Å². The Hall–Kier alpha value is -1.46. The third kappa shape index (κ3) is 2.55. The van der Waals surface area contributed by atoms with Crippen molar-refractivity contribution in [1.29, 1.82) is 0 Å². The lowest BCUT2D eigenvalue weighted by molar-refractivity contribution is 0.171. The first-order valence-corrected chi connectivity index (χ1v) is 7.44. The summed E-state index contributed by atoms with van der Waals surface area (Å²) in [6.07, 6.45) is 1.69. The monoisotopic (exact) mass is 337 g/mol. The maximum Gasteiger partial charge on any atom is 0.162 e. The molecule has 20 heavy (non-hydrogen) atoms. The number of hydrogen-bond donors (Lipinski definition) is 1. The zero-order valence-corrected chi connectivity index (χ0v) is 12.8. The molecular formula is C15H16BrNO3. The first-order chi connectivity index (χ1) is 9.79. The van der Waals surface area contributed by atoms with E-state index in [-0.39, 0.29) is 6.04 Å². The molecule has 0 bridgehead atoms. The number of hydrogen-bond acceptors (Lipinski definition) is 4. The molecule has 1 N–H and O–H groups in total. The second-order valence-electron chi connectivity index (χ2n) is 4.52. The van der Waals surface area contributed by atoms with E-state index in [4.69, 9.17) is 13.9 Å². The zero-order valence-electron chi connectivity index (χ0n) is 11.2. The number of benzene rings is 1. The second kappa shape index (κ2) is 5.89. The van der Waals surface area contributed by atoms with Gasteiger partial charge in [-0.2, -0.15) is 0 Å². The molecule has 1 aliphatic rings. The number of rotatable bonds is 4. The van der Waals surface area contributed by atoms with E-state index in [9.17, 15) is 0 Å². The lowest BCUT2D eigenvalue weighted by atomic mass is 10.0. The molecule has 1 aromatic carbocycles. The Kier molecular flexibility index (Phi) is 3.98. The van der Waals surface area contributed by atoms with Crippen LogP contribution in [0.2, 0.25) is 0 Å². The van der Waals surface area contributed by atoms with Gasteiger partial charge < -0.3 is 19.2 Å². The van der Waals surface area contributed by atoms with Crippen molar-refractivity contribution in [2.75, 3.05) is 19.8 Å². The van der Waals surface area contributed by atoms with Crippen molar-refractivity contribution in [2.24, 2.45) is 0 Å². The third-order valence-electron chi connectivity index (χ3n) is 3.21. The molecule has 1 atom stereocenters. The van der Waals surface area contributed by atoms with Gasteiger partial charge in [-0.3, -0.25) is 0 Å². The molecule has 0 amide bonds. The quantitative estimate of drug-likeness (QED) is 0.927. The Labute approximate surface area is 126 Å². The van der Waals surface area contributed by atoms with Crippen molar-refractivity contribution in [1.82, 2.24) is 5.32 Å². The molecule has 1 aliphatic heterocycles. The summed E-state index contributed by atoms with van der Waals surface area (Å²) in [6.45, 7) is 4.09. The van der Waals surface area contributed by atoms with Gasteiger partial charge in [0.1, 0.15) is 19.0 Å². The number of furan rings is 1. The van der Waals surface area contributed by atoms with E-state index in [0.717, 1.165) is 33.8 Å². The van der Waals surface area contributed by atoms with Crippen LogP contribution in [0.25, 0.3) is 0 Å². The largest absolute Gasteiger partial charge is 0.486 e. The molecule has 4 nitrogen and oxygen atoms in total. The van der Waals surface area contributed by atoms with Gasteiger partial charge in [0.2, 0.25) is 0 Å². The highest BCUT2D eigenvalue weighted by Crippen LogP contribution is 2.39. The molecule has 2 aromatic rings. The average Bonchev–Trinajstić information content (AvgIpc) is 2.98. The van der Waals surface area contributed by atoms with E-state index in [1.807, 2.05) is 24.3 Å². The van der Waals surface area contributed by atoms with Gasteiger partial charge in [-0.1, -0.05) is 22.9 Å². The van der Waals surface area contributed by atoms with Crippen LogP contribution in [-0.4, -0.2) is 19.8 Å². The van der Waals surface area contributed by atoms with Gasteiger partial charge >= 0.3 is 0 Å². The van der Waals surface area contributed by atoms with Crippen LogP contribution in [0.1, 0.15) is 24.3 Å². The minimum absolute atomic E-state index is 0.0137. The van der Waals surface area contributed by atoms with Gasteiger partial charge in [0, 0.05) is 4.47 Å². The van der Waals surface area contributed by atoms with E-state index in [2.05, 4.69) is 28.2 Å². The van der Waals surface area contributed by atoms with E-state index in [1.54, 1.807) is 6.26 Å². The minimum Gasteiger partial charge on any atom is -0.486 e. The SMILES string of the molecule is CCNC(c1ccco1)c1cc2c(cc1Br)OCCO2. The average molecular weight is 338 g/mol. The molecule has 0 fully saturated rings. The summed E-state index contributed by atoms with van der Waals surface area (Å²) in [5.74, 6) is 2.44. The summed E-state index contributed by atoms with van der Waals surface area (Å²) in [6, 6.07) is 7.81. The van der Waals surface area contributed by atoms with Gasteiger partial charge in [-0.15, -0.1) is 0 Å². The van der Waals surface area contributed by atoms with Crippen molar-refractivity contribution in [3.8, 4) is 11.5 Å². The fraction of sp³-hybridized carbons (Fsp3) is 0.333. The summed E-state index contributed by atoms with van der Waals surface area (Å²) in [5.41, 5.74) is 1.08. The van der Waals surface area contributed by atoms with Crippen LogP contribution in [0, 0.1) is 0 Å². The molecule has 0 radical (unpaired) electrons. The highest BCUT2D eigenvalue weighted by atomic mass is 79.9. The Bertz CT molecular complexity index is 583. The molecule has 0 saturated carbocycles. The summed E-state index contributed by atoms with van der Waals surface area (Å²) >= 11 is 3.61. The fourth-order valence-electron chi connectivity index (χ4n) is 2.32. The van der Waals surface area contributed by atoms with Crippen molar-refractivity contribution >= 4 is 15.9 Å². The Morgan fingerprint density at radius 2 is 2.00 bits per heavy atom. The molecule has 1 aromatic heterocycles. The third-order valence-corrected chi connectivity index (χ3v) is 3.90. The van der Waals surface area contributed by atoms with Crippen molar-refractivity contribution in [3.05, 3.63) is 46.3 Å². The first kappa shape index (κ1) is 13.5. The van der Waals surface area contributed by atoms with Crippen LogP contribution in [0.15, 0.2) is 39.4 Å². The molecule has 5 heteroatoms. The summed E-state index contributed by atoms with van der Waals surface area (Å²) < 4.78 is 17.8. The fourth-order valence-corrected chi connectivity index (χ4v) is 2.88. The topological polar surface area (TPSA) is 43.6 Å². The Morgan fingerprint density at radius 3 is 2.65 bits per heavy atom. The number of ether oxygens (including phenoxy) is 2. The van der Waals surface area contributed by atoms with Crippen LogP contribution in [0.5, 0.6) is 11.5 Å². The predicted molar refractivity (Wildman–Crippen MR) is 79.4 cm³/mol. The van der Waals surface area contributed by atoms with Crippen molar-refractivity contribution < 1.29 is 13.9 Å². The molecule has 0 aliphatic carbocycles. The smallest absolute Gasteiger partial charge is 0.162 e. The number of halogens is 1. The van der Waals surface area contributed by atoms with Crippen LogP contribution in [-0.2, 0) is 0 Å². The van der Waals surface area contributed by atoms with Gasteiger partial charge in [-0.05, 0) is 36.4 Å².